The van der Waals surface area contributed by atoms with Gasteiger partial charge in [0.05, 0.1) is 16.8 Å². The van der Waals surface area contributed by atoms with Crippen LogP contribution in [0.25, 0.3) is 28.0 Å². The van der Waals surface area contributed by atoms with Crippen molar-refractivity contribution in [3.8, 4) is 22.4 Å². The first-order chi connectivity index (χ1) is 12.1. The molecule has 2 heterocycles. The highest BCUT2D eigenvalue weighted by molar-refractivity contribution is 6.20. The predicted molar refractivity (Wildman–Crippen MR) is 105 cm³/mol. The summed E-state index contributed by atoms with van der Waals surface area (Å²) in [5.41, 5.74) is 7.60. The minimum atomic E-state index is -0.124. The number of alkyl halides is 1. The number of pyridine rings is 1. The molecule has 0 saturated carbocycles. The van der Waals surface area contributed by atoms with E-state index < -0.39 is 0 Å². The Balaban J connectivity index is 1.84. The number of imidazole rings is 1. The van der Waals surface area contributed by atoms with Crippen molar-refractivity contribution in [2.24, 2.45) is 0 Å². The summed E-state index contributed by atoms with van der Waals surface area (Å²) >= 11 is 6.50. The number of hydrogen-bond donors (Lipinski definition) is 0. The Morgan fingerprint density at radius 1 is 0.840 bits per heavy atom. The lowest BCUT2D eigenvalue weighted by molar-refractivity contribution is 0.962. The summed E-state index contributed by atoms with van der Waals surface area (Å²) in [5, 5.41) is -0.124. The van der Waals surface area contributed by atoms with Crippen molar-refractivity contribution in [2.45, 2.75) is 19.2 Å². The van der Waals surface area contributed by atoms with Gasteiger partial charge in [0.25, 0.3) is 0 Å². The van der Waals surface area contributed by atoms with Gasteiger partial charge in [0.2, 0.25) is 0 Å². The second-order valence-electron chi connectivity index (χ2n) is 6.29. The van der Waals surface area contributed by atoms with Crippen LogP contribution < -0.4 is 0 Å². The van der Waals surface area contributed by atoms with Gasteiger partial charge in [0.15, 0.2) is 0 Å². The van der Waals surface area contributed by atoms with Gasteiger partial charge in [-0.3, -0.25) is 0 Å². The minimum Gasteiger partial charge on any atom is -0.302 e. The van der Waals surface area contributed by atoms with Crippen molar-refractivity contribution in [1.29, 1.82) is 0 Å². The van der Waals surface area contributed by atoms with Crippen LogP contribution in [0.5, 0.6) is 0 Å². The molecule has 2 aromatic carbocycles. The molecule has 0 aliphatic carbocycles. The molecular formula is C22H19ClN2. The summed E-state index contributed by atoms with van der Waals surface area (Å²) in [7, 11) is 0. The lowest BCUT2D eigenvalue weighted by Crippen LogP contribution is -1.95. The highest BCUT2D eigenvalue weighted by atomic mass is 35.5. The lowest BCUT2D eigenvalue weighted by Gasteiger charge is -2.08. The zero-order chi connectivity index (χ0) is 17.4. The van der Waals surface area contributed by atoms with E-state index in [2.05, 4.69) is 65.9 Å². The molecule has 124 valence electrons. The third-order valence-corrected chi connectivity index (χ3v) is 4.73. The molecule has 1 unspecified atom stereocenters. The number of fused-ring (bicyclic) bond motifs is 1. The van der Waals surface area contributed by atoms with E-state index in [0.717, 1.165) is 28.2 Å². The normalized spacial score (nSPS) is 12.4. The maximum absolute atomic E-state index is 6.50. The van der Waals surface area contributed by atoms with E-state index in [1.165, 1.54) is 11.1 Å². The molecule has 0 N–H and O–H groups in total. The van der Waals surface area contributed by atoms with Crippen molar-refractivity contribution in [2.75, 3.05) is 0 Å². The zero-order valence-corrected chi connectivity index (χ0v) is 15.0. The molecule has 2 nitrogen and oxygen atoms in total. The summed E-state index contributed by atoms with van der Waals surface area (Å²) in [4.78, 5) is 4.88. The number of rotatable bonds is 3. The molecule has 2 aromatic heterocycles. The van der Waals surface area contributed by atoms with Crippen molar-refractivity contribution in [3.05, 3.63) is 84.2 Å². The number of benzene rings is 2. The van der Waals surface area contributed by atoms with Crippen LogP contribution in [-0.2, 0) is 0 Å². The van der Waals surface area contributed by atoms with Crippen LogP contribution in [0.4, 0.5) is 0 Å². The van der Waals surface area contributed by atoms with Crippen LogP contribution in [0, 0.1) is 6.92 Å². The van der Waals surface area contributed by atoms with E-state index in [4.69, 9.17) is 16.6 Å². The molecule has 0 fully saturated rings. The quantitative estimate of drug-likeness (QED) is 0.399. The fourth-order valence-electron chi connectivity index (χ4n) is 3.27. The first-order valence-corrected chi connectivity index (χ1v) is 8.86. The fraction of sp³-hybridized carbons (Fsp3) is 0.136. The molecule has 25 heavy (non-hydrogen) atoms. The van der Waals surface area contributed by atoms with E-state index in [1.54, 1.807) is 0 Å². The molecule has 0 aliphatic rings. The number of halogens is 1. The molecule has 0 bridgehead atoms. The van der Waals surface area contributed by atoms with E-state index >= 15 is 0 Å². The molecule has 1 atom stereocenters. The number of nitrogens with zero attached hydrogens (tertiary/aromatic N) is 2. The van der Waals surface area contributed by atoms with Gasteiger partial charge in [-0.2, -0.15) is 0 Å². The monoisotopic (exact) mass is 346 g/mol. The van der Waals surface area contributed by atoms with Gasteiger partial charge >= 0.3 is 0 Å². The Kier molecular flexibility index (Phi) is 4.06. The van der Waals surface area contributed by atoms with Gasteiger partial charge in [0.1, 0.15) is 5.65 Å². The van der Waals surface area contributed by atoms with Crippen LogP contribution in [0.2, 0.25) is 0 Å². The van der Waals surface area contributed by atoms with E-state index in [1.807, 2.05) is 25.3 Å². The van der Waals surface area contributed by atoms with Crippen LogP contribution >= 0.6 is 11.6 Å². The second-order valence-corrected chi connectivity index (χ2v) is 6.94. The third-order valence-electron chi connectivity index (χ3n) is 4.52. The van der Waals surface area contributed by atoms with E-state index in [0.29, 0.717) is 0 Å². The molecule has 3 heteroatoms. The molecule has 0 aliphatic heterocycles. The van der Waals surface area contributed by atoms with Crippen LogP contribution in [0.3, 0.4) is 0 Å². The maximum Gasteiger partial charge on any atom is 0.140 e. The summed E-state index contributed by atoms with van der Waals surface area (Å²) < 4.78 is 2.10. The standard InChI is InChI=1S/C22H19ClN2/c1-15-7-6-14-25-21(16(2)23)20(24-22(15)25)19-12-10-18(11-13-19)17-8-4-3-5-9-17/h3-14,16H,1-2H3. The fourth-order valence-corrected chi connectivity index (χ4v) is 3.47. The molecule has 0 spiro atoms. The number of hydrogen-bond acceptors (Lipinski definition) is 1. The van der Waals surface area contributed by atoms with Crippen LogP contribution in [0.1, 0.15) is 23.6 Å². The van der Waals surface area contributed by atoms with Crippen LogP contribution in [0.15, 0.2) is 72.9 Å². The van der Waals surface area contributed by atoms with E-state index in [-0.39, 0.29) is 5.38 Å². The highest BCUT2D eigenvalue weighted by Crippen LogP contribution is 2.33. The number of aryl methyl sites for hydroxylation is 1. The SMILES string of the molecule is Cc1cccn2c(C(C)Cl)c(-c3ccc(-c4ccccc4)cc3)nc12. The predicted octanol–water partition coefficient (Wildman–Crippen LogP) is 6.28. The zero-order valence-electron chi connectivity index (χ0n) is 14.3. The third kappa shape index (κ3) is 2.83. The van der Waals surface area contributed by atoms with Gasteiger partial charge in [-0.05, 0) is 36.6 Å². The summed E-state index contributed by atoms with van der Waals surface area (Å²) in [6.07, 6.45) is 2.03. The minimum absolute atomic E-state index is 0.124. The van der Waals surface area contributed by atoms with Gasteiger partial charge in [-0.25, -0.2) is 4.98 Å². The van der Waals surface area contributed by atoms with Gasteiger partial charge in [-0.15, -0.1) is 11.6 Å². The molecular weight excluding hydrogens is 328 g/mol. The summed E-state index contributed by atoms with van der Waals surface area (Å²) in [5.74, 6) is 0. The second kappa shape index (κ2) is 6.38. The van der Waals surface area contributed by atoms with Crippen LogP contribution in [-0.4, -0.2) is 9.38 Å². The molecule has 0 saturated heterocycles. The Bertz CT molecular complexity index is 1020. The summed E-state index contributed by atoms with van der Waals surface area (Å²) in [6.45, 7) is 4.07. The molecule has 0 radical (unpaired) electrons. The lowest BCUT2D eigenvalue weighted by atomic mass is 10.0. The molecule has 4 rings (SSSR count). The van der Waals surface area contributed by atoms with Gasteiger partial charge in [-0.1, -0.05) is 60.7 Å². The topological polar surface area (TPSA) is 17.3 Å². The first kappa shape index (κ1) is 15.9. The maximum atomic E-state index is 6.50. The molecule has 0 amide bonds. The van der Waals surface area contributed by atoms with Crippen molar-refractivity contribution in [3.63, 3.8) is 0 Å². The van der Waals surface area contributed by atoms with Gasteiger partial charge in [0, 0.05) is 11.8 Å². The Labute approximate surface area is 152 Å². The Morgan fingerprint density at radius 2 is 1.48 bits per heavy atom. The van der Waals surface area contributed by atoms with Crippen molar-refractivity contribution >= 4 is 17.2 Å². The largest absolute Gasteiger partial charge is 0.302 e. The number of aromatic nitrogens is 2. The smallest absolute Gasteiger partial charge is 0.140 e. The Morgan fingerprint density at radius 3 is 2.16 bits per heavy atom. The van der Waals surface area contributed by atoms with Crippen molar-refractivity contribution in [1.82, 2.24) is 9.38 Å². The average Bonchev–Trinajstić information content (AvgIpc) is 3.04. The van der Waals surface area contributed by atoms with Crippen molar-refractivity contribution < 1.29 is 0 Å². The molecule has 4 aromatic rings. The Hall–Kier alpha value is -2.58. The average molecular weight is 347 g/mol. The first-order valence-electron chi connectivity index (χ1n) is 8.42. The van der Waals surface area contributed by atoms with E-state index in [9.17, 15) is 0 Å². The van der Waals surface area contributed by atoms with Gasteiger partial charge < -0.3 is 4.40 Å². The summed E-state index contributed by atoms with van der Waals surface area (Å²) in [6, 6.07) is 23.0. The highest BCUT2D eigenvalue weighted by Gasteiger charge is 2.18.